The summed E-state index contributed by atoms with van der Waals surface area (Å²) in [6.45, 7) is 11.0. The van der Waals surface area contributed by atoms with Crippen molar-refractivity contribution >= 4 is 14.0 Å². The summed E-state index contributed by atoms with van der Waals surface area (Å²) < 4.78 is 4.85. The molecule has 88 valence electrons. The molecule has 15 heavy (non-hydrogen) atoms. The fraction of sp³-hybridized carbons (Fsp3) is 0.750. The molecule has 0 spiro atoms. The van der Waals surface area contributed by atoms with Gasteiger partial charge >= 0.3 is 5.97 Å². The number of hydrogen-bond acceptors (Lipinski definition) is 2. The molecule has 0 aromatic rings. The van der Waals surface area contributed by atoms with Gasteiger partial charge in [-0.05, 0) is 19.8 Å². The van der Waals surface area contributed by atoms with Crippen molar-refractivity contribution in [2.75, 3.05) is 7.11 Å². The van der Waals surface area contributed by atoms with Gasteiger partial charge < -0.3 is 4.74 Å². The number of rotatable bonds is 5. The lowest BCUT2D eigenvalue weighted by Gasteiger charge is -2.21. The van der Waals surface area contributed by atoms with Crippen LogP contribution < -0.4 is 0 Å². The molecule has 0 aliphatic heterocycles. The van der Waals surface area contributed by atoms with Crippen molar-refractivity contribution in [3.63, 3.8) is 0 Å². The van der Waals surface area contributed by atoms with E-state index in [1.54, 1.807) is 0 Å². The van der Waals surface area contributed by atoms with Crippen molar-refractivity contribution in [2.45, 2.75) is 52.8 Å². The Bertz CT molecular complexity index is 249. The van der Waals surface area contributed by atoms with Crippen molar-refractivity contribution in [3.8, 4) is 0 Å². The van der Waals surface area contributed by atoms with Crippen LogP contribution in [0.25, 0.3) is 0 Å². The summed E-state index contributed by atoms with van der Waals surface area (Å²) in [5, 5.41) is 1.28. The highest BCUT2D eigenvalue weighted by atomic mass is 28.3. The largest absolute Gasteiger partial charge is 0.466 e. The van der Waals surface area contributed by atoms with E-state index in [4.69, 9.17) is 4.74 Å². The zero-order valence-corrected chi connectivity index (χ0v) is 11.9. The molecule has 2 nitrogen and oxygen atoms in total. The molecule has 0 N–H and O–H groups in total. The van der Waals surface area contributed by atoms with E-state index in [0.29, 0.717) is 0 Å². The second kappa shape index (κ2) is 6.11. The summed E-state index contributed by atoms with van der Waals surface area (Å²) in [4.78, 5) is 11.6. The molecule has 0 bridgehead atoms. The molecule has 0 atom stereocenters. The Hall–Kier alpha value is -0.573. The highest BCUT2D eigenvalue weighted by Gasteiger charge is 2.23. The van der Waals surface area contributed by atoms with Crippen LogP contribution >= 0.6 is 0 Å². The van der Waals surface area contributed by atoms with Gasteiger partial charge in [0.1, 0.15) is 0 Å². The highest BCUT2D eigenvalue weighted by Crippen LogP contribution is 2.22. The standard InChI is InChI=1S/C12H24O2Si/c1-7-8-9-11(12(13)14-3)10(2)15(4,5)6/h7-9H2,1-6H3/b11-10-. The van der Waals surface area contributed by atoms with Crippen LogP contribution in [0.3, 0.4) is 0 Å². The zero-order chi connectivity index (χ0) is 12.1. The molecule has 0 aromatic heterocycles. The van der Waals surface area contributed by atoms with E-state index in [1.807, 2.05) is 0 Å². The van der Waals surface area contributed by atoms with Gasteiger partial charge in [-0.3, -0.25) is 0 Å². The number of ether oxygens (including phenoxy) is 1. The first-order valence-corrected chi connectivity index (χ1v) is 9.13. The van der Waals surface area contributed by atoms with E-state index in [0.717, 1.165) is 24.8 Å². The molecule has 0 fully saturated rings. The van der Waals surface area contributed by atoms with Gasteiger partial charge in [-0.15, -0.1) is 0 Å². The Morgan fingerprint density at radius 1 is 1.27 bits per heavy atom. The topological polar surface area (TPSA) is 26.3 Å². The van der Waals surface area contributed by atoms with Crippen molar-refractivity contribution < 1.29 is 9.53 Å². The van der Waals surface area contributed by atoms with Gasteiger partial charge in [-0.2, -0.15) is 0 Å². The van der Waals surface area contributed by atoms with Gasteiger partial charge in [0, 0.05) is 5.57 Å². The first-order chi connectivity index (χ1) is 6.84. The van der Waals surface area contributed by atoms with E-state index in [2.05, 4.69) is 33.5 Å². The van der Waals surface area contributed by atoms with Crippen LogP contribution in [0.5, 0.6) is 0 Å². The number of unbranched alkanes of at least 4 members (excludes halogenated alkanes) is 1. The summed E-state index contributed by atoms with van der Waals surface area (Å²) in [5.41, 5.74) is 0.915. The minimum atomic E-state index is -1.37. The van der Waals surface area contributed by atoms with Gasteiger partial charge in [0.25, 0.3) is 0 Å². The molecule has 0 radical (unpaired) electrons. The first-order valence-electron chi connectivity index (χ1n) is 5.63. The third-order valence-corrected chi connectivity index (χ3v) is 5.34. The maximum absolute atomic E-state index is 11.6. The first kappa shape index (κ1) is 14.4. The van der Waals surface area contributed by atoms with Crippen LogP contribution in [-0.2, 0) is 9.53 Å². The number of carbonyl (C=O) groups is 1. The number of allylic oxidation sites excluding steroid dienone is 1. The maximum Gasteiger partial charge on any atom is 0.333 e. The molecule has 0 aliphatic carbocycles. The Labute approximate surface area is 94.7 Å². The molecule has 3 heteroatoms. The summed E-state index contributed by atoms with van der Waals surface area (Å²) >= 11 is 0. The molecular formula is C12H24O2Si. The lowest BCUT2D eigenvalue weighted by atomic mass is 10.1. The summed E-state index contributed by atoms with van der Waals surface area (Å²) in [7, 11) is 0.0901. The van der Waals surface area contributed by atoms with Crippen molar-refractivity contribution in [1.29, 1.82) is 0 Å². The van der Waals surface area contributed by atoms with E-state index in [-0.39, 0.29) is 5.97 Å². The Morgan fingerprint density at radius 3 is 2.13 bits per heavy atom. The average Bonchev–Trinajstić information content (AvgIpc) is 2.16. The van der Waals surface area contributed by atoms with Crippen LogP contribution in [0.15, 0.2) is 10.8 Å². The maximum atomic E-state index is 11.6. The minimum absolute atomic E-state index is 0.136. The lowest BCUT2D eigenvalue weighted by molar-refractivity contribution is -0.136. The van der Waals surface area contributed by atoms with Gasteiger partial charge in [0.2, 0.25) is 0 Å². The molecule has 0 amide bonds. The fourth-order valence-electron chi connectivity index (χ4n) is 1.37. The molecule has 0 saturated heterocycles. The fourth-order valence-corrected chi connectivity index (χ4v) is 2.50. The number of hydrogen-bond donors (Lipinski definition) is 0. The van der Waals surface area contributed by atoms with Gasteiger partial charge in [-0.1, -0.05) is 38.2 Å². The molecule has 0 aromatic carbocycles. The second-order valence-electron chi connectivity index (χ2n) is 4.95. The SMILES string of the molecule is CCCC/C(C(=O)OC)=C(\C)[Si](C)(C)C. The minimum Gasteiger partial charge on any atom is -0.466 e. The predicted molar refractivity (Wildman–Crippen MR) is 67.6 cm³/mol. The lowest BCUT2D eigenvalue weighted by Crippen LogP contribution is -2.26. The van der Waals surface area contributed by atoms with Crippen LogP contribution in [0.4, 0.5) is 0 Å². The normalized spacial score (nSPS) is 13.5. The van der Waals surface area contributed by atoms with E-state index in [1.165, 1.54) is 12.3 Å². The van der Waals surface area contributed by atoms with Crippen LogP contribution in [-0.4, -0.2) is 21.2 Å². The summed E-state index contributed by atoms with van der Waals surface area (Å²) in [5.74, 6) is -0.136. The van der Waals surface area contributed by atoms with Crippen molar-refractivity contribution in [3.05, 3.63) is 10.8 Å². The quantitative estimate of drug-likeness (QED) is 0.409. The number of methoxy groups -OCH3 is 1. The zero-order valence-electron chi connectivity index (χ0n) is 10.9. The van der Waals surface area contributed by atoms with E-state index < -0.39 is 8.07 Å². The Balaban J connectivity index is 4.98. The van der Waals surface area contributed by atoms with Gasteiger partial charge in [0.05, 0.1) is 15.2 Å². The van der Waals surface area contributed by atoms with Crippen LogP contribution in [0.2, 0.25) is 19.6 Å². The molecule has 0 heterocycles. The number of esters is 1. The summed E-state index contributed by atoms with van der Waals surface area (Å²) in [6, 6.07) is 0. The predicted octanol–water partition coefficient (Wildman–Crippen LogP) is 3.54. The third-order valence-electron chi connectivity index (χ3n) is 2.79. The van der Waals surface area contributed by atoms with Crippen molar-refractivity contribution in [2.24, 2.45) is 0 Å². The third kappa shape index (κ3) is 4.65. The average molecular weight is 228 g/mol. The number of carbonyl (C=O) groups excluding carboxylic acids is 1. The van der Waals surface area contributed by atoms with Gasteiger partial charge in [-0.25, -0.2) is 4.79 Å². The second-order valence-corrected chi connectivity index (χ2v) is 10.2. The molecule has 0 rings (SSSR count). The van der Waals surface area contributed by atoms with Crippen molar-refractivity contribution in [1.82, 2.24) is 0 Å². The smallest absolute Gasteiger partial charge is 0.333 e. The monoisotopic (exact) mass is 228 g/mol. The molecular weight excluding hydrogens is 204 g/mol. The summed E-state index contributed by atoms with van der Waals surface area (Å²) in [6.07, 6.45) is 3.03. The van der Waals surface area contributed by atoms with Gasteiger partial charge in [0.15, 0.2) is 0 Å². The van der Waals surface area contributed by atoms with Crippen LogP contribution in [0, 0.1) is 0 Å². The van der Waals surface area contributed by atoms with E-state index >= 15 is 0 Å². The highest BCUT2D eigenvalue weighted by molar-refractivity contribution is 6.83. The molecule has 0 saturated carbocycles. The Morgan fingerprint density at radius 2 is 1.80 bits per heavy atom. The molecule has 0 aliphatic rings. The van der Waals surface area contributed by atoms with Crippen LogP contribution in [0.1, 0.15) is 33.1 Å². The van der Waals surface area contributed by atoms with E-state index in [9.17, 15) is 4.79 Å². The molecule has 0 unspecified atom stereocenters. The Kier molecular flexibility index (Phi) is 5.87.